The van der Waals surface area contributed by atoms with Crippen molar-refractivity contribution < 1.29 is 9.59 Å². The van der Waals surface area contributed by atoms with Gasteiger partial charge in [-0.05, 0) is 47.0 Å². The van der Waals surface area contributed by atoms with Crippen LogP contribution < -0.4 is 16.0 Å². The van der Waals surface area contributed by atoms with Gasteiger partial charge >= 0.3 is 0 Å². The van der Waals surface area contributed by atoms with E-state index in [2.05, 4.69) is 20.9 Å². The highest BCUT2D eigenvalue weighted by molar-refractivity contribution is 6.05. The molecule has 6 nitrogen and oxygen atoms in total. The number of aliphatic imine (C=N–C) groups is 1. The second-order valence-corrected chi connectivity index (χ2v) is 6.31. The summed E-state index contributed by atoms with van der Waals surface area (Å²) in [6, 6.07) is 20.7. The van der Waals surface area contributed by atoms with Crippen LogP contribution in [0.1, 0.15) is 15.9 Å². The molecule has 2 amide bonds. The van der Waals surface area contributed by atoms with Gasteiger partial charge in [0, 0.05) is 31.6 Å². The first-order valence-electron chi connectivity index (χ1n) is 9.10. The first-order valence-corrected chi connectivity index (χ1v) is 9.10. The van der Waals surface area contributed by atoms with Crippen molar-refractivity contribution in [3.63, 3.8) is 0 Å². The molecule has 146 valence electrons. The maximum Gasteiger partial charge on any atom is 0.255 e. The molecule has 29 heavy (non-hydrogen) atoms. The van der Waals surface area contributed by atoms with E-state index in [-0.39, 0.29) is 5.91 Å². The number of hydrogen-bond donors (Lipinski definition) is 3. The molecular weight excluding hydrogens is 364 g/mol. The third-order valence-corrected chi connectivity index (χ3v) is 4.43. The fourth-order valence-corrected chi connectivity index (χ4v) is 2.95. The minimum atomic E-state index is -0.222. The number of carbonyl (C=O) groups excluding carboxylic acids is 2. The number of rotatable bonds is 7. The Bertz CT molecular complexity index is 1030. The second kappa shape index (κ2) is 9.32. The fraction of sp³-hybridized carbons (Fsp3) is 0.0870. The lowest BCUT2D eigenvalue weighted by molar-refractivity contribution is -0.105. The van der Waals surface area contributed by atoms with Gasteiger partial charge in [-0.1, -0.05) is 36.4 Å². The lowest BCUT2D eigenvalue weighted by Gasteiger charge is -2.11. The van der Waals surface area contributed by atoms with Gasteiger partial charge in [-0.3, -0.25) is 14.6 Å². The summed E-state index contributed by atoms with van der Waals surface area (Å²) in [6.07, 6.45) is 2.40. The highest BCUT2D eigenvalue weighted by Gasteiger charge is 2.09. The molecule has 3 rings (SSSR count). The molecule has 0 radical (unpaired) electrons. The monoisotopic (exact) mass is 386 g/mol. The van der Waals surface area contributed by atoms with E-state index in [1.54, 1.807) is 50.6 Å². The number of hydrogen-bond acceptors (Lipinski definition) is 4. The molecule has 3 N–H and O–H groups in total. The van der Waals surface area contributed by atoms with E-state index in [1.165, 1.54) is 0 Å². The quantitative estimate of drug-likeness (QED) is 0.419. The number of benzene rings is 3. The largest absolute Gasteiger partial charge is 0.386 e. The maximum atomic E-state index is 12.6. The Morgan fingerprint density at radius 2 is 1.55 bits per heavy atom. The van der Waals surface area contributed by atoms with Crippen LogP contribution in [0, 0.1) is 0 Å². The fourth-order valence-electron chi connectivity index (χ4n) is 2.95. The third kappa shape index (κ3) is 4.87. The van der Waals surface area contributed by atoms with Crippen molar-refractivity contribution >= 4 is 35.6 Å². The number of anilines is 3. The molecule has 0 heterocycles. The van der Waals surface area contributed by atoms with Gasteiger partial charge in [0.2, 0.25) is 6.41 Å². The molecule has 3 aromatic carbocycles. The molecule has 0 fully saturated rings. The zero-order chi connectivity index (χ0) is 20.6. The van der Waals surface area contributed by atoms with E-state index >= 15 is 0 Å². The summed E-state index contributed by atoms with van der Waals surface area (Å²) in [7, 11) is 3.50. The molecule has 0 saturated carbocycles. The van der Waals surface area contributed by atoms with Crippen LogP contribution in [0.4, 0.5) is 17.1 Å². The van der Waals surface area contributed by atoms with Crippen molar-refractivity contribution in [1.82, 2.24) is 0 Å². The SMILES string of the molecule is CN=Cc1ccc(-c2ccc(C(=O)Nc3ccc(NC)c(NC=O)c3)cc2)cc1. The Labute approximate surface area is 169 Å². The van der Waals surface area contributed by atoms with Crippen LogP contribution in [0.5, 0.6) is 0 Å². The van der Waals surface area contributed by atoms with Gasteiger partial charge < -0.3 is 16.0 Å². The number of amides is 2. The molecule has 0 atom stereocenters. The summed E-state index contributed by atoms with van der Waals surface area (Å²) < 4.78 is 0. The van der Waals surface area contributed by atoms with Crippen LogP contribution >= 0.6 is 0 Å². The van der Waals surface area contributed by atoms with Gasteiger partial charge in [0.15, 0.2) is 0 Å². The standard InChI is InChI=1S/C23H22N4O2/c1-24-14-16-3-5-17(6-4-16)18-7-9-19(10-8-18)23(29)27-20-11-12-21(25-2)22(13-20)26-15-28/h3-15,25H,1-2H3,(H,26,28)(H,27,29). The number of nitrogens with one attached hydrogen (secondary N) is 3. The van der Waals surface area contributed by atoms with Crippen LogP contribution in [0.2, 0.25) is 0 Å². The lowest BCUT2D eigenvalue weighted by atomic mass is 10.0. The van der Waals surface area contributed by atoms with Gasteiger partial charge in [0.1, 0.15) is 0 Å². The van der Waals surface area contributed by atoms with E-state index in [0.717, 1.165) is 22.4 Å². The first-order chi connectivity index (χ1) is 14.1. The molecule has 6 heteroatoms. The van der Waals surface area contributed by atoms with E-state index in [4.69, 9.17) is 0 Å². The molecule has 0 bridgehead atoms. The van der Waals surface area contributed by atoms with Crippen LogP contribution in [0.25, 0.3) is 11.1 Å². The predicted molar refractivity (Wildman–Crippen MR) is 119 cm³/mol. The van der Waals surface area contributed by atoms with Crippen molar-refractivity contribution in [2.75, 3.05) is 30.0 Å². The molecule has 0 aliphatic carbocycles. The number of nitrogens with zero attached hydrogens (tertiary/aromatic N) is 1. The van der Waals surface area contributed by atoms with Gasteiger partial charge in [-0.2, -0.15) is 0 Å². The third-order valence-electron chi connectivity index (χ3n) is 4.43. The predicted octanol–water partition coefficient (Wildman–Crippen LogP) is 4.26. The molecule has 0 aromatic heterocycles. The Hall–Kier alpha value is -3.93. The zero-order valence-corrected chi connectivity index (χ0v) is 16.3. The summed E-state index contributed by atoms with van der Waals surface area (Å²) in [5.41, 5.74) is 5.62. The Balaban J connectivity index is 1.73. The second-order valence-electron chi connectivity index (χ2n) is 6.31. The van der Waals surface area contributed by atoms with Crippen molar-refractivity contribution in [3.8, 4) is 11.1 Å². The smallest absolute Gasteiger partial charge is 0.255 e. The summed E-state index contributed by atoms with van der Waals surface area (Å²) >= 11 is 0. The first kappa shape index (κ1) is 19.8. The summed E-state index contributed by atoms with van der Waals surface area (Å²) in [4.78, 5) is 27.3. The van der Waals surface area contributed by atoms with Crippen LogP contribution in [0.15, 0.2) is 71.7 Å². The lowest BCUT2D eigenvalue weighted by Crippen LogP contribution is -2.12. The van der Waals surface area contributed by atoms with Crippen LogP contribution in [-0.2, 0) is 4.79 Å². The van der Waals surface area contributed by atoms with E-state index in [1.807, 2.05) is 36.4 Å². The van der Waals surface area contributed by atoms with Crippen molar-refractivity contribution in [2.24, 2.45) is 4.99 Å². The van der Waals surface area contributed by atoms with Crippen molar-refractivity contribution in [1.29, 1.82) is 0 Å². The molecule has 0 saturated heterocycles. The highest BCUT2D eigenvalue weighted by atomic mass is 16.1. The summed E-state index contributed by atoms with van der Waals surface area (Å²) in [5.74, 6) is -0.222. The van der Waals surface area contributed by atoms with Crippen molar-refractivity contribution in [2.45, 2.75) is 0 Å². The van der Waals surface area contributed by atoms with Crippen LogP contribution in [0.3, 0.4) is 0 Å². The van der Waals surface area contributed by atoms with Gasteiger partial charge in [0.25, 0.3) is 5.91 Å². The summed E-state index contributed by atoms with van der Waals surface area (Å²) in [5, 5.41) is 8.45. The Kier molecular flexibility index (Phi) is 6.37. The molecule has 0 aliphatic rings. The highest BCUT2D eigenvalue weighted by Crippen LogP contribution is 2.26. The molecular formula is C23H22N4O2. The molecule has 0 aliphatic heterocycles. The van der Waals surface area contributed by atoms with Gasteiger partial charge in [-0.15, -0.1) is 0 Å². The van der Waals surface area contributed by atoms with Gasteiger partial charge in [0.05, 0.1) is 11.4 Å². The van der Waals surface area contributed by atoms with E-state index in [9.17, 15) is 9.59 Å². The average molecular weight is 386 g/mol. The Morgan fingerprint density at radius 1 is 0.897 bits per heavy atom. The average Bonchev–Trinajstić information content (AvgIpc) is 2.75. The van der Waals surface area contributed by atoms with E-state index < -0.39 is 0 Å². The molecule has 0 spiro atoms. The van der Waals surface area contributed by atoms with Gasteiger partial charge in [-0.25, -0.2) is 0 Å². The molecule has 0 unspecified atom stereocenters. The number of carbonyl (C=O) groups is 2. The van der Waals surface area contributed by atoms with E-state index in [0.29, 0.717) is 23.3 Å². The molecule has 3 aromatic rings. The maximum absolute atomic E-state index is 12.6. The topological polar surface area (TPSA) is 82.6 Å². The van der Waals surface area contributed by atoms with Crippen molar-refractivity contribution in [3.05, 3.63) is 77.9 Å². The minimum absolute atomic E-state index is 0.222. The zero-order valence-electron chi connectivity index (χ0n) is 16.3. The summed E-state index contributed by atoms with van der Waals surface area (Å²) in [6.45, 7) is 0. The Morgan fingerprint density at radius 3 is 2.14 bits per heavy atom. The normalized spacial score (nSPS) is 10.6. The minimum Gasteiger partial charge on any atom is -0.386 e. The van der Waals surface area contributed by atoms with Crippen LogP contribution in [-0.4, -0.2) is 32.6 Å².